The van der Waals surface area contributed by atoms with Gasteiger partial charge in [-0.25, -0.2) is 0 Å². The third-order valence-corrected chi connectivity index (χ3v) is 15.8. The van der Waals surface area contributed by atoms with Crippen molar-refractivity contribution >= 4 is 68.6 Å². The molecule has 1 aliphatic carbocycles. The van der Waals surface area contributed by atoms with E-state index in [1.54, 1.807) is 0 Å². The Morgan fingerprint density at radius 3 is 1.68 bits per heavy atom. The van der Waals surface area contributed by atoms with Crippen molar-refractivity contribution in [3.05, 3.63) is 186 Å². The smallest absolute Gasteiger partial charge is 0.252 e. The molecule has 0 saturated heterocycles. The zero-order valence-electron chi connectivity index (χ0n) is 40.3. The molecule has 0 aromatic heterocycles. The summed E-state index contributed by atoms with van der Waals surface area (Å²) in [5.41, 5.74) is 20.6. The van der Waals surface area contributed by atoms with Crippen LogP contribution in [0.5, 0.6) is 0 Å². The predicted molar refractivity (Wildman–Crippen MR) is 279 cm³/mol. The van der Waals surface area contributed by atoms with Crippen LogP contribution in [0.15, 0.2) is 158 Å². The van der Waals surface area contributed by atoms with Gasteiger partial charge in [0.1, 0.15) is 0 Å². The molecule has 2 atom stereocenters. The van der Waals surface area contributed by atoms with Crippen LogP contribution in [0.3, 0.4) is 0 Å². The van der Waals surface area contributed by atoms with Gasteiger partial charge in [0.05, 0.1) is 5.54 Å². The molecule has 0 bridgehead atoms. The molecular weight excluding hydrogens is 786 g/mol. The van der Waals surface area contributed by atoms with Gasteiger partial charge in [-0.05, 0) is 135 Å². The molecule has 4 aliphatic rings. The minimum atomic E-state index is -0.231. The summed E-state index contributed by atoms with van der Waals surface area (Å²) in [6.07, 6.45) is 4.61. The molecule has 2 unspecified atom stereocenters. The quantitative estimate of drug-likeness (QED) is 0.163. The first-order chi connectivity index (χ1) is 31.0. The molecule has 0 amide bonds. The first kappa shape index (κ1) is 41.7. The lowest BCUT2D eigenvalue weighted by molar-refractivity contribution is 0.215. The Labute approximate surface area is 389 Å². The van der Waals surface area contributed by atoms with Crippen LogP contribution in [0.2, 0.25) is 0 Å². The average molecular weight is 850 g/mol. The fourth-order valence-electron chi connectivity index (χ4n) is 12.4. The largest absolute Gasteiger partial charge is 0.334 e. The second-order valence-electron chi connectivity index (χ2n) is 22.8. The molecule has 326 valence electrons. The Balaban J connectivity index is 1.24. The van der Waals surface area contributed by atoms with Gasteiger partial charge in [-0.2, -0.15) is 0 Å². The fourth-order valence-corrected chi connectivity index (χ4v) is 12.4. The number of nitrogens with zero attached hydrogens (tertiary/aromatic N) is 3. The molecule has 11 rings (SSSR count). The van der Waals surface area contributed by atoms with Crippen LogP contribution in [-0.4, -0.2) is 12.3 Å². The molecule has 3 aliphatic heterocycles. The van der Waals surface area contributed by atoms with Crippen molar-refractivity contribution in [1.29, 1.82) is 0 Å². The first-order valence-electron chi connectivity index (χ1n) is 24.2. The van der Waals surface area contributed by atoms with E-state index in [0.29, 0.717) is 0 Å². The normalized spacial score (nSPS) is 19.9. The predicted octanol–water partition coefficient (Wildman–Crippen LogP) is 14.4. The summed E-state index contributed by atoms with van der Waals surface area (Å²) in [7, 11) is 0. The molecule has 0 N–H and O–H groups in total. The first-order valence-corrected chi connectivity index (χ1v) is 24.2. The van der Waals surface area contributed by atoms with Gasteiger partial charge in [0.15, 0.2) is 0 Å². The van der Waals surface area contributed by atoms with Crippen LogP contribution < -0.4 is 31.1 Å². The molecule has 65 heavy (non-hydrogen) atoms. The van der Waals surface area contributed by atoms with Crippen LogP contribution >= 0.6 is 0 Å². The van der Waals surface area contributed by atoms with Crippen molar-refractivity contribution in [1.82, 2.24) is 0 Å². The summed E-state index contributed by atoms with van der Waals surface area (Å²) in [6.45, 7) is 23.7. The molecule has 3 nitrogen and oxygen atoms in total. The highest BCUT2D eigenvalue weighted by Crippen LogP contribution is 2.64. The highest BCUT2D eigenvalue weighted by atomic mass is 15.3. The number of anilines is 8. The summed E-state index contributed by atoms with van der Waals surface area (Å²) >= 11 is 0. The van der Waals surface area contributed by atoms with Gasteiger partial charge >= 0.3 is 0 Å². The van der Waals surface area contributed by atoms with Crippen molar-refractivity contribution in [2.24, 2.45) is 0 Å². The Bertz CT molecular complexity index is 2980. The Kier molecular flexibility index (Phi) is 9.30. The summed E-state index contributed by atoms with van der Waals surface area (Å²) in [5.74, 6) is 0. The van der Waals surface area contributed by atoms with Gasteiger partial charge < -0.3 is 14.7 Å². The van der Waals surface area contributed by atoms with Crippen LogP contribution in [0.1, 0.15) is 123 Å². The lowest BCUT2D eigenvalue weighted by atomic mass is 9.33. The van der Waals surface area contributed by atoms with Crippen molar-refractivity contribution in [2.45, 2.75) is 122 Å². The number of hydrogen-bond acceptors (Lipinski definition) is 3. The van der Waals surface area contributed by atoms with E-state index in [9.17, 15) is 0 Å². The van der Waals surface area contributed by atoms with Gasteiger partial charge in [0.25, 0.3) is 6.71 Å². The second-order valence-corrected chi connectivity index (χ2v) is 22.8. The van der Waals surface area contributed by atoms with Gasteiger partial charge in [0, 0.05) is 50.9 Å². The summed E-state index contributed by atoms with van der Waals surface area (Å²) in [6, 6.07) is 61.4. The molecule has 7 aromatic carbocycles. The number of hydrogen-bond donors (Lipinski definition) is 0. The van der Waals surface area contributed by atoms with Gasteiger partial charge in [-0.3, -0.25) is 0 Å². The molecular formula is C61H64BN3. The van der Waals surface area contributed by atoms with E-state index in [1.807, 2.05) is 0 Å². The van der Waals surface area contributed by atoms with Gasteiger partial charge in [-0.1, -0.05) is 178 Å². The van der Waals surface area contributed by atoms with Crippen molar-refractivity contribution in [2.75, 3.05) is 14.7 Å². The average Bonchev–Trinajstić information content (AvgIpc) is 3.53. The minimum Gasteiger partial charge on any atom is -0.334 e. The zero-order chi connectivity index (χ0) is 45.3. The van der Waals surface area contributed by atoms with E-state index in [-0.39, 0.29) is 33.9 Å². The van der Waals surface area contributed by atoms with Gasteiger partial charge in [0.2, 0.25) is 0 Å². The van der Waals surface area contributed by atoms with Crippen LogP contribution in [0, 0.1) is 0 Å². The topological polar surface area (TPSA) is 9.72 Å². The van der Waals surface area contributed by atoms with E-state index in [1.165, 1.54) is 103 Å². The second kappa shape index (κ2) is 14.5. The molecule has 1 saturated carbocycles. The zero-order valence-corrected chi connectivity index (χ0v) is 40.3. The van der Waals surface area contributed by atoms with E-state index >= 15 is 0 Å². The van der Waals surface area contributed by atoms with E-state index in [2.05, 4.69) is 242 Å². The van der Waals surface area contributed by atoms with Crippen LogP contribution in [0.4, 0.5) is 45.5 Å². The number of rotatable bonds is 4. The van der Waals surface area contributed by atoms with Crippen molar-refractivity contribution < 1.29 is 0 Å². The maximum atomic E-state index is 2.81. The molecule has 7 aromatic rings. The van der Waals surface area contributed by atoms with Gasteiger partial charge in [-0.15, -0.1) is 0 Å². The van der Waals surface area contributed by atoms with Crippen LogP contribution in [-0.2, 0) is 21.7 Å². The fraction of sp³-hybridized carbons (Fsp3) is 0.311. The Morgan fingerprint density at radius 1 is 0.431 bits per heavy atom. The molecule has 4 heteroatoms. The Hall–Kier alpha value is -6.00. The third kappa shape index (κ3) is 6.22. The number of benzene rings is 7. The van der Waals surface area contributed by atoms with Crippen molar-refractivity contribution in [3.63, 3.8) is 0 Å². The molecule has 0 spiro atoms. The maximum Gasteiger partial charge on any atom is 0.252 e. The summed E-state index contributed by atoms with van der Waals surface area (Å²) < 4.78 is 0. The molecule has 1 fully saturated rings. The number of para-hydroxylation sites is 3. The standard InChI is InChI=1S/C61H64BN3/c1-57(2,3)41-29-31-42(32-30-41)61-36-19-18-35-60(61,10)65(51-27-16-14-25-48(51)61)47-39-54-56-55(40-47)64(46-24-20-21-43(37-46)58(4,5)6)53-38-44(59(7,8)9)33-34-50(53)62(56)49-26-15-17-28-52(49)63(54)45-22-12-11-13-23-45/h11-17,20-34,37-40H,18-19,35-36H2,1-10H3. The number of fused-ring (bicyclic) bond motifs is 7. The minimum absolute atomic E-state index is 0.0159. The van der Waals surface area contributed by atoms with E-state index in [0.717, 1.165) is 12.8 Å². The van der Waals surface area contributed by atoms with E-state index < -0.39 is 0 Å². The molecule has 0 radical (unpaired) electrons. The summed E-state index contributed by atoms with van der Waals surface area (Å²) in [4.78, 5) is 8.01. The maximum absolute atomic E-state index is 2.81. The highest BCUT2D eigenvalue weighted by Gasteiger charge is 2.61. The lowest BCUT2D eigenvalue weighted by Gasteiger charge is -2.53. The summed E-state index contributed by atoms with van der Waals surface area (Å²) in [5, 5.41) is 0. The van der Waals surface area contributed by atoms with Crippen molar-refractivity contribution in [3.8, 4) is 0 Å². The molecule has 3 heterocycles. The van der Waals surface area contributed by atoms with E-state index in [4.69, 9.17) is 0 Å². The highest BCUT2D eigenvalue weighted by molar-refractivity contribution is 7.00. The SMILES string of the molecule is CC(C)(C)c1ccc(C23CCCCC2(C)N(c2cc4c5c(c2)N(c2cccc(C(C)(C)C)c2)c2cc(C(C)(C)C)ccc2B5c2ccccc2N4c2ccccc2)c2ccccc23)cc1. The third-order valence-electron chi connectivity index (χ3n) is 15.8. The Morgan fingerprint density at radius 2 is 0.985 bits per heavy atom. The monoisotopic (exact) mass is 850 g/mol. The lowest BCUT2D eigenvalue weighted by Crippen LogP contribution is -2.61. The van der Waals surface area contributed by atoms with Crippen LogP contribution in [0.25, 0.3) is 0 Å².